The molecule has 12 nitrogen and oxygen atoms in total. The lowest BCUT2D eigenvalue weighted by molar-refractivity contribution is 0.0124. The van der Waals surface area contributed by atoms with Gasteiger partial charge in [-0.15, -0.1) is 0 Å². The summed E-state index contributed by atoms with van der Waals surface area (Å²) in [7, 11) is -3.94. The SMILES string of the molecule is Cc1cc(-c2nc3cnc(N[C@H]4C[C@H](F)CN(C(=O)OC(C)(C)C)C4)nc3n(C(C)C)c2=O)cc(F)c1NS(=O)(=O)Cc1ccccc1. The molecule has 2 N–H and O–H groups in total. The number of carbonyl (C=O) groups excluding carboxylic acids is 1. The Morgan fingerprint density at radius 3 is 2.48 bits per heavy atom. The summed E-state index contributed by atoms with van der Waals surface area (Å²) in [5.74, 6) is -1.09. The van der Waals surface area contributed by atoms with E-state index >= 15 is 4.39 Å². The summed E-state index contributed by atoms with van der Waals surface area (Å²) >= 11 is 0. The van der Waals surface area contributed by atoms with E-state index in [2.05, 4.69) is 25.0 Å². The van der Waals surface area contributed by atoms with E-state index in [1.165, 1.54) is 28.7 Å². The minimum atomic E-state index is -3.94. The van der Waals surface area contributed by atoms with E-state index in [0.29, 0.717) is 5.56 Å². The zero-order valence-electron chi connectivity index (χ0n) is 27.6. The van der Waals surface area contributed by atoms with Gasteiger partial charge in [-0.05, 0) is 64.8 Å². The van der Waals surface area contributed by atoms with Crippen LogP contribution in [0.4, 0.5) is 25.2 Å². The second kappa shape index (κ2) is 13.5. The lowest BCUT2D eigenvalue weighted by Crippen LogP contribution is -2.51. The lowest BCUT2D eigenvalue weighted by Gasteiger charge is -2.36. The van der Waals surface area contributed by atoms with Gasteiger partial charge < -0.3 is 15.0 Å². The van der Waals surface area contributed by atoms with Gasteiger partial charge in [-0.2, -0.15) is 4.98 Å². The molecule has 0 spiro atoms. The number of hydrogen-bond donors (Lipinski definition) is 2. The molecule has 1 amide bonds. The van der Waals surface area contributed by atoms with Gasteiger partial charge in [0.15, 0.2) is 5.65 Å². The number of alkyl halides is 1. The number of likely N-dealkylation sites (tertiary alicyclic amines) is 1. The summed E-state index contributed by atoms with van der Waals surface area (Å²) in [6.07, 6.45) is -0.399. The van der Waals surface area contributed by atoms with Crippen molar-refractivity contribution in [1.29, 1.82) is 0 Å². The maximum atomic E-state index is 15.5. The Morgan fingerprint density at radius 2 is 1.83 bits per heavy atom. The summed E-state index contributed by atoms with van der Waals surface area (Å²) in [5.41, 5.74) is -0.161. The summed E-state index contributed by atoms with van der Waals surface area (Å²) in [5, 5.41) is 3.08. The predicted molar refractivity (Wildman–Crippen MR) is 180 cm³/mol. The molecule has 2 aromatic carbocycles. The number of sulfonamides is 1. The molecule has 2 atom stereocenters. The smallest absolute Gasteiger partial charge is 0.410 e. The van der Waals surface area contributed by atoms with Gasteiger partial charge in [0.05, 0.1) is 24.2 Å². The van der Waals surface area contributed by atoms with Gasteiger partial charge in [0.2, 0.25) is 16.0 Å². The van der Waals surface area contributed by atoms with Crippen LogP contribution >= 0.6 is 0 Å². The highest BCUT2D eigenvalue weighted by Crippen LogP contribution is 2.29. The highest BCUT2D eigenvalue weighted by Gasteiger charge is 2.33. The third-order valence-corrected chi connectivity index (χ3v) is 8.78. The van der Waals surface area contributed by atoms with Crippen molar-refractivity contribution in [3.63, 3.8) is 0 Å². The molecule has 0 saturated carbocycles. The molecule has 1 fully saturated rings. The summed E-state index contributed by atoms with van der Waals surface area (Å²) in [6, 6.07) is 10.2. The topological polar surface area (TPSA) is 148 Å². The van der Waals surface area contributed by atoms with Crippen LogP contribution in [-0.2, 0) is 20.5 Å². The molecule has 256 valence electrons. The minimum Gasteiger partial charge on any atom is -0.444 e. The van der Waals surface area contributed by atoms with Gasteiger partial charge in [0.1, 0.15) is 28.8 Å². The Morgan fingerprint density at radius 1 is 1.12 bits per heavy atom. The van der Waals surface area contributed by atoms with Crippen LogP contribution in [0.1, 0.15) is 58.2 Å². The van der Waals surface area contributed by atoms with Crippen LogP contribution in [-0.4, -0.2) is 69.8 Å². The van der Waals surface area contributed by atoms with Crippen LogP contribution in [0.25, 0.3) is 22.4 Å². The number of nitrogens with zero attached hydrogens (tertiary/aromatic N) is 5. The number of aromatic nitrogens is 4. The van der Waals surface area contributed by atoms with Crippen LogP contribution < -0.4 is 15.6 Å². The summed E-state index contributed by atoms with van der Waals surface area (Å²) in [6.45, 7) is 10.4. The van der Waals surface area contributed by atoms with Gasteiger partial charge in [0.25, 0.3) is 5.56 Å². The third-order valence-electron chi connectivity index (χ3n) is 7.55. The number of halogens is 2. The summed E-state index contributed by atoms with van der Waals surface area (Å²) in [4.78, 5) is 41.1. The van der Waals surface area contributed by atoms with Gasteiger partial charge in [0, 0.05) is 30.6 Å². The van der Waals surface area contributed by atoms with Crippen molar-refractivity contribution in [2.75, 3.05) is 23.1 Å². The molecule has 48 heavy (non-hydrogen) atoms. The fourth-order valence-electron chi connectivity index (χ4n) is 5.53. The van der Waals surface area contributed by atoms with E-state index in [1.54, 1.807) is 65.0 Å². The molecule has 1 aliphatic heterocycles. The van der Waals surface area contributed by atoms with Crippen molar-refractivity contribution < 1.29 is 26.7 Å². The van der Waals surface area contributed by atoms with E-state index in [0.717, 1.165) is 6.07 Å². The first-order valence-corrected chi connectivity index (χ1v) is 17.2. The Labute approximate surface area is 277 Å². The average molecular weight is 684 g/mol. The number of fused-ring (bicyclic) bond motifs is 1. The molecular formula is C33H39F2N7O5S. The zero-order valence-corrected chi connectivity index (χ0v) is 28.4. The zero-order chi connectivity index (χ0) is 35.0. The van der Waals surface area contributed by atoms with Crippen molar-refractivity contribution in [1.82, 2.24) is 24.4 Å². The quantitative estimate of drug-likeness (QED) is 0.243. The van der Waals surface area contributed by atoms with E-state index in [1.807, 2.05) is 0 Å². The first-order chi connectivity index (χ1) is 22.5. The number of nitrogens with one attached hydrogen (secondary N) is 2. The first kappa shape index (κ1) is 34.7. The molecular weight excluding hydrogens is 644 g/mol. The lowest BCUT2D eigenvalue weighted by atomic mass is 10.0. The van der Waals surface area contributed by atoms with E-state index in [9.17, 15) is 22.4 Å². The Balaban J connectivity index is 1.43. The fraction of sp³-hybridized carbons (Fsp3) is 0.424. The highest BCUT2D eigenvalue weighted by molar-refractivity contribution is 7.91. The predicted octanol–water partition coefficient (Wildman–Crippen LogP) is 5.58. The number of piperidine rings is 1. The Kier molecular flexibility index (Phi) is 9.72. The van der Waals surface area contributed by atoms with Crippen molar-refractivity contribution in [2.24, 2.45) is 0 Å². The Bertz CT molecular complexity index is 1980. The maximum absolute atomic E-state index is 15.5. The van der Waals surface area contributed by atoms with Gasteiger partial charge in [-0.1, -0.05) is 30.3 Å². The second-order valence-corrected chi connectivity index (χ2v) is 14.9. The molecule has 1 aliphatic rings. The van der Waals surface area contributed by atoms with E-state index in [4.69, 9.17) is 4.74 Å². The molecule has 1 saturated heterocycles. The third kappa shape index (κ3) is 8.06. The number of rotatable bonds is 8. The van der Waals surface area contributed by atoms with Crippen LogP contribution in [0.15, 0.2) is 53.5 Å². The molecule has 15 heteroatoms. The first-order valence-electron chi connectivity index (χ1n) is 15.5. The second-order valence-electron chi connectivity index (χ2n) is 13.2. The standard InChI is InChI=1S/C33H39F2N7O5S/c1-19(2)42-29-26(15-36-31(39-29)37-24-14-23(34)16-41(17-24)32(44)47-33(4,5)6)38-28(30(42)43)22-12-20(3)27(25(35)13-22)40-48(45,46)18-21-10-8-7-9-11-21/h7-13,15,19,23-24,40H,14,16-18H2,1-6H3,(H,36,37,39)/t23-,24-/m0/s1. The van der Waals surface area contributed by atoms with Crippen molar-refractivity contribution in [2.45, 2.75) is 77.6 Å². The molecule has 5 rings (SSSR count). The highest BCUT2D eigenvalue weighted by atomic mass is 32.2. The monoisotopic (exact) mass is 683 g/mol. The van der Waals surface area contributed by atoms with E-state index < -0.39 is 51.3 Å². The summed E-state index contributed by atoms with van der Waals surface area (Å²) < 4.78 is 64.9. The van der Waals surface area contributed by atoms with E-state index in [-0.39, 0.29) is 64.9 Å². The van der Waals surface area contributed by atoms with Crippen molar-refractivity contribution in [3.8, 4) is 11.3 Å². The number of anilines is 2. The number of carbonyl (C=O) groups is 1. The van der Waals surface area contributed by atoms with Crippen LogP contribution in [0.2, 0.25) is 0 Å². The molecule has 0 unspecified atom stereocenters. The maximum Gasteiger partial charge on any atom is 0.410 e. The molecule has 3 heterocycles. The number of amides is 1. The molecule has 4 aromatic rings. The van der Waals surface area contributed by atoms with Gasteiger partial charge >= 0.3 is 6.09 Å². The van der Waals surface area contributed by atoms with Crippen LogP contribution in [0.5, 0.6) is 0 Å². The van der Waals surface area contributed by atoms with Crippen molar-refractivity contribution in [3.05, 3.63) is 76.0 Å². The Hall–Kier alpha value is -4.66. The van der Waals surface area contributed by atoms with Gasteiger partial charge in [-0.3, -0.25) is 14.1 Å². The van der Waals surface area contributed by atoms with Crippen molar-refractivity contribution >= 4 is 38.9 Å². The number of benzene rings is 2. The molecule has 0 aliphatic carbocycles. The van der Waals surface area contributed by atoms with Crippen LogP contribution in [0, 0.1) is 12.7 Å². The van der Waals surface area contributed by atoms with Crippen LogP contribution in [0.3, 0.4) is 0 Å². The number of aryl methyl sites for hydroxylation is 1. The molecule has 0 radical (unpaired) electrons. The largest absolute Gasteiger partial charge is 0.444 e. The average Bonchev–Trinajstić information content (AvgIpc) is 2.97. The normalized spacial score (nSPS) is 17.1. The number of hydrogen-bond acceptors (Lipinski definition) is 9. The molecule has 2 aromatic heterocycles. The van der Waals surface area contributed by atoms with Gasteiger partial charge in [-0.25, -0.2) is 32.0 Å². The number of ether oxygens (including phenoxy) is 1. The molecule has 0 bridgehead atoms. The minimum absolute atomic E-state index is 0.0678. The fourth-order valence-corrected chi connectivity index (χ4v) is 6.81.